The smallest absolute Gasteiger partial charge is 0.337 e. The third-order valence-corrected chi connectivity index (χ3v) is 3.88. The van der Waals surface area contributed by atoms with Crippen LogP contribution in [0.5, 0.6) is 6.01 Å². The van der Waals surface area contributed by atoms with E-state index in [1.807, 2.05) is 0 Å². The number of nitrogens with zero attached hydrogens (tertiary/aromatic N) is 1. The molecular formula is C15H19N3O4. The zero-order chi connectivity index (χ0) is 15.5. The van der Waals surface area contributed by atoms with Crippen molar-refractivity contribution in [2.75, 3.05) is 7.05 Å². The molecule has 7 nitrogen and oxygen atoms in total. The molecule has 0 radical (unpaired) electrons. The quantitative estimate of drug-likeness (QED) is 0.594. The molecule has 3 rings (SSSR count). The minimum Gasteiger partial charge on any atom is -0.403 e. The molecule has 0 atom stereocenters. The lowest BCUT2D eigenvalue weighted by Crippen LogP contribution is -2.19. The average Bonchev–Trinajstić information content (AvgIpc) is 3.27. The molecule has 0 aromatic carbocycles. The third-order valence-electron chi connectivity index (χ3n) is 3.88. The van der Waals surface area contributed by atoms with Crippen molar-refractivity contribution in [2.45, 2.75) is 38.5 Å². The Morgan fingerprint density at radius 1 is 1.41 bits per heavy atom. The van der Waals surface area contributed by atoms with E-state index in [-0.39, 0.29) is 17.3 Å². The summed E-state index contributed by atoms with van der Waals surface area (Å²) in [7, 11) is 1.54. The van der Waals surface area contributed by atoms with Gasteiger partial charge in [-0.15, -0.1) is 0 Å². The molecule has 2 aromatic heterocycles. The van der Waals surface area contributed by atoms with Crippen LogP contribution >= 0.6 is 0 Å². The van der Waals surface area contributed by atoms with Gasteiger partial charge in [-0.25, -0.2) is 4.79 Å². The highest BCUT2D eigenvalue weighted by molar-refractivity contribution is 5.75. The van der Waals surface area contributed by atoms with E-state index in [1.54, 1.807) is 0 Å². The molecule has 22 heavy (non-hydrogen) atoms. The molecule has 1 aliphatic rings. The van der Waals surface area contributed by atoms with Gasteiger partial charge in [0.1, 0.15) is 5.39 Å². The minimum atomic E-state index is -0.502. The first kappa shape index (κ1) is 14.8. The van der Waals surface area contributed by atoms with Crippen LogP contribution in [0.25, 0.3) is 11.1 Å². The molecule has 7 heteroatoms. The van der Waals surface area contributed by atoms with Gasteiger partial charge in [-0.3, -0.25) is 9.78 Å². The monoisotopic (exact) mass is 305 g/mol. The first-order valence-electron chi connectivity index (χ1n) is 7.58. The summed E-state index contributed by atoms with van der Waals surface area (Å²) in [6.07, 6.45) is 6.65. The summed E-state index contributed by atoms with van der Waals surface area (Å²) >= 11 is 0. The molecule has 0 saturated heterocycles. The molecule has 0 bridgehead atoms. The van der Waals surface area contributed by atoms with Gasteiger partial charge in [0, 0.05) is 13.1 Å². The van der Waals surface area contributed by atoms with Crippen LogP contribution in [0.3, 0.4) is 0 Å². The van der Waals surface area contributed by atoms with Crippen molar-refractivity contribution in [3.05, 3.63) is 32.4 Å². The van der Waals surface area contributed by atoms with Crippen molar-refractivity contribution in [3.8, 4) is 6.01 Å². The Labute approximate surface area is 126 Å². The topological polar surface area (TPSA) is 97.2 Å². The summed E-state index contributed by atoms with van der Waals surface area (Å²) in [5, 5.41) is 0.328. The summed E-state index contributed by atoms with van der Waals surface area (Å²) < 4.78 is 5.03. The van der Waals surface area contributed by atoms with Crippen LogP contribution < -0.4 is 21.5 Å². The number of fused-ring (bicyclic) bond motifs is 1. The van der Waals surface area contributed by atoms with E-state index in [0.29, 0.717) is 17.4 Å². The van der Waals surface area contributed by atoms with Crippen molar-refractivity contribution in [2.24, 2.45) is 5.92 Å². The van der Waals surface area contributed by atoms with Crippen LogP contribution in [0.4, 0.5) is 0 Å². The Kier molecular flexibility index (Phi) is 4.24. The van der Waals surface area contributed by atoms with E-state index in [1.165, 1.54) is 32.4 Å². The van der Waals surface area contributed by atoms with Crippen LogP contribution in [0.15, 0.2) is 20.1 Å². The SMILES string of the molecule is CNOc1nc2oc(=O)cc(CCCCC3CC3)c2c(=O)[nH]1. The summed E-state index contributed by atoms with van der Waals surface area (Å²) in [6.45, 7) is 0. The predicted octanol–water partition coefficient (Wildman–Crippen LogP) is 1.51. The number of hydroxylamine groups is 1. The molecular weight excluding hydrogens is 286 g/mol. The van der Waals surface area contributed by atoms with Gasteiger partial charge in [0.25, 0.3) is 5.56 Å². The van der Waals surface area contributed by atoms with Crippen LogP contribution in [0.1, 0.15) is 37.7 Å². The fourth-order valence-corrected chi connectivity index (χ4v) is 2.63. The van der Waals surface area contributed by atoms with E-state index in [4.69, 9.17) is 9.25 Å². The molecule has 0 aliphatic heterocycles. The number of hydrogen-bond donors (Lipinski definition) is 2. The van der Waals surface area contributed by atoms with E-state index in [9.17, 15) is 9.59 Å². The summed E-state index contributed by atoms with van der Waals surface area (Å²) in [5.41, 5.74) is 2.24. The Balaban J connectivity index is 1.87. The fourth-order valence-electron chi connectivity index (χ4n) is 2.63. The number of H-pyrrole nitrogens is 1. The van der Waals surface area contributed by atoms with Crippen molar-refractivity contribution < 1.29 is 9.25 Å². The minimum absolute atomic E-state index is 0.0127. The van der Waals surface area contributed by atoms with Crippen molar-refractivity contribution in [1.29, 1.82) is 0 Å². The number of hydrogen-bond acceptors (Lipinski definition) is 6. The van der Waals surface area contributed by atoms with Gasteiger partial charge < -0.3 is 9.25 Å². The van der Waals surface area contributed by atoms with E-state index in [0.717, 1.165) is 18.8 Å². The molecule has 1 saturated carbocycles. The second-order valence-corrected chi connectivity index (χ2v) is 5.64. The highest BCUT2D eigenvalue weighted by Crippen LogP contribution is 2.34. The maximum Gasteiger partial charge on any atom is 0.337 e. The lowest BCUT2D eigenvalue weighted by molar-refractivity contribution is 0.203. The zero-order valence-corrected chi connectivity index (χ0v) is 12.5. The number of aryl methyl sites for hydroxylation is 1. The van der Waals surface area contributed by atoms with Gasteiger partial charge in [0.2, 0.25) is 5.71 Å². The highest BCUT2D eigenvalue weighted by atomic mass is 16.7. The van der Waals surface area contributed by atoms with Gasteiger partial charge in [-0.2, -0.15) is 10.5 Å². The number of nitrogens with one attached hydrogen (secondary N) is 2. The van der Waals surface area contributed by atoms with Crippen LogP contribution in [0, 0.1) is 5.92 Å². The number of aromatic nitrogens is 2. The van der Waals surface area contributed by atoms with Gasteiger partial charge in [0.15, 0.2) is 0 Å². The summed E-state index contributed by atoms with van der Waals surface area (Å²) in [5.74, 6) is 0.893. The highest BCUT2D eigenvalue weighted by Gasteiger charge is 2.20. The lowest BCUT2D eigenvalue weighted by Gasteiger charge is -2.06. The molecule has 1 fully saturated rings. The maximum atomic E-state index is 12.2. The van der Waals surface area contributed by atoms with Crippen LogP contribution in [-0.4, -0.2) is 17.0 Å². The zero-order valence-electron chi connectivity index (χ0n) is 12.5. The summed E-state index contributed by atoms with van der Waals surface area (Å²) in [4.78, 5) is 35.3. The molecule has 2 heterocycles. The Morgan fingerprint density at radius 2 is 2.23 bits per heavy atom. The Morgan fingerprint density at radius 3 is 2.95 bits per heavy atom. The molecule has 0 spiro atoms. The fraction of sp³-hybridized carbons (Fsp3) is 0.533. The van der Waals surface area contributed by atoms with Crippen molar-refractivity contribution in [3.63, 3.8) is 0 Å². The molecule has 2 N–H and O–H groups in total. The van der Waals surface area contributed by atoms with E-state index < -0.39 is 5.63 Å². The van der Waals surface area contributed by atoms with Gasteiger partial charge in [-0.05, 0) is 24.3 Å². The third kappa shape index (κ3) is 3.36. The van der Waals surface area contributed by atoms with Gasteiger partial charge in [-0.1, -0.05) is 25.7 Å². The Bertz CT molecular complexity index is 776. The van der Waals surface area contributed by atoms with Crippen LogP contribution in [-0.2, 0) is 6.42 Å². The van der Waals surface area contributed by atoms with Gasteiger partial charge in [0.05, 0.1) is 0 Å². The molecule has 0 amide bonds. The van der Waals surface area contributed by atoms with Gasteiger partial charge >= 0.3 is 11.6 Å². The first-order chi connectivity index (χ1) is 10.7. The van der Waals surface area contributed by atoms with E-state index in [2.05, 4.69) is 15.4 Å². The van der Waals surface area contributed by atoms with E-state index >= 15 is 0 Å². The predicted molar refractivity (Wildman–Crippen MR) is 80.9 cm³/mol. The second kappa shape index (κ2) is 6.31. The lowest BCUT2D eigenvalue weighted by atomic mass is 10.0. The Hall–Kier alpha value is -2.15. The number of unbranched alkanes of at least 4 members (excludes halogenated alkanes) is 1. The van der Waals surface area contributed by atoms with Crippen molar-refractivity contribution >= 4 is 11.1 Å². The largest absolute Gasteiger partial charge is 0.403 e. The van der Waals surface area contributed by atoms with Crippen LogP contribution in [0.2, 0.25) is 0 Å². The second-order valence-electron chi connectivity index (χ2n) is 5.64. The normalized spacial score (nSPS) is 14.4. The number of aromatic amines is 1. The average molecular weight is 305 g/mol. The molecule has 2 aromatic rings. The first-order valence-corrected chi connectivity index (χ1v) is 7.58. The molecule has 0 unspecified atom stereocenters. The number of rotatable bonds is 7. The van der Waals surface area contributed by atoms with Crippen molar-refractivity contribution in [1.82, 2.24) is 15.4 Å². The maximum absolute atomic E-state index is 12.2. The summed E-state index contributed by atoms with van der Waals surface area (Å²) in [6, 6.07) is 1.35. The molecule has 1 aliphatic carbocycles. The molecule has 118 valence electrons. The standard InChI is InChI=1S/C15H19N3O4/c1-16-22-15-17-13(20)12-10(5-3-2-4-9-6-7-9)8-11(19)21-14(12)18-15/h8-9,16H,2-7H2,1H3,(H,17,18,20).